The van der Waals surface area contributed by atoms with Crippen LogP contribution in [0.2, 0.25) is 0 Å². The van der Waals surface area contributed by atoms with Crippen molar-refractivity contribution in [2.45, 2.75) is 32.2 Å². The van der Waals surface area contributed by atoms with Crippen LogP contribution in [0.25, 0.3) is 0 Å². The molecule has 0 saturated heterocycles. The van der Waals surface area contributed by atoms with Crippen LogP contribution in [-0.4, -0.2) is 47.4 Å². The summed E-state index contributed by atoms with van der Waals surface area (Å²) in [6, 6.07) is 13.6. The lowest BCUT2D eigenvalue weighted by atomic mass is 10.1. The van der Waals surface area contributed by atoms with Gasteiger partial charge in [-0.1, -0.05) is 25.1 Å². The number of carbonyl (C=O) groups excluding carboxylic acids is 1. The van der Waals surface area contributed by atoms with Gasteiger partial charge in [-0.3, -0.25) is 9.10 Å². The maximum atomic E-state index is 12.8. The van der Waals surface area contributed by atoms with E-state index in [2.05, 4.69) is 5.32 Å². The average Bonchev–Trinajstić information content (AvgIpc) is 2.74. The molecule has 0 aromatic heterocycles. The number of hydrogen-bond donors (Lipinski definition) is 1. The monoisotopic (exact) mass is 434 g/mol. The first-order valence-electron chi connectivity index (χ1n) is 9.84. The molecule has 0 heterocycles. The number of rotatable bonds is 11. The second-order valence-corrected chi connectivity index (χ2v) is 8.79. The first-order chi connectivity index (χ1) is 14.3. The van der Waals surface area contributed by atoms with Crippen LogP contribution in [0.5, 0.6) is 11.5 Å². The molecule has 0 aliphatic rings. The summed E-state index contributed by atoms with van der Waals surface area (Å²) in [6.45, 7) is 2.24. The molecule has 30 heavy (non-hydrogen) atoms. The summed E-state index contributed by atoms with van der Waals surface area (Å²) in [5.74, 6) is 0.996. The third kappa shape index (κ3) is 6.38. The molecular weight excluding hydrogens is 404 g/mol. The molecule has 0 fully saturated rings. The summed E-state index contributed by atoms with van der Waals surface area (Å²) < 4.78 is 36.6. The van der Waals surface area contributed by atoms with Crippen LogP contribution in [0.4, 0.5) is 5.69 Å². The van der Waals surface area contributed by atoms with E-state index in [9.17, 15) is 13.2 Å². The summed E-state index contributed by atoms with van der Waals surface area (Å²) >= 11 is 0. The van der Waals surface area contributed by atoms with Gasteiger partial charge in [-0.2, -0.15) is 0 Å². The van der Waals surface area contributed by atoms with E-state index in [1.807, 2.05) is 24.3 Å². The number of ether oxygens (including phenoxy) is 2. The smallest absolute Gasteiger partial charge is 0.243 e. The molecule has 1 N–H and O–H groups in total. The summed E-state index contributed by atoms with van der Waals surface area (Å²) in [7, 11) is -0.542. The molecule has 2 aromatic rings. The Morgan fingerprint density at radius 2 is 1.70 bits per heavy atom. The summed E-state index contributed by atoms with van der Waals surface area (Å²) in [4.78, 5) is 12.8. The van der Waals surface area contributed by atoms with Crippen molar-refractivity contribution in [3.63, 3.8) is 0 Å². The highest BCUT2D eigenvalue weighted by atomic mass is 32.2. The number of nitrogens with zero attached hydrogens (tertiary/aromatic N) is 1. The van der Waals surface area contributed by atoms with E-state index in [0.29, 0.717) is 24.4 Å². The maximum absolute atomic E-state index is 12.8. The van der Waals surface area contributed by atoms with Crippen LogP contribution in [0.3, 0.4) is 0 Å². The van der Waals surface area contributed by atoms with Gasteiger partial charge in [-0.05, 0) is 49.1 Å². The van der Waals surface area contributed by atoms with Crippen molar-refractivity contribution in [2.75, 3.05) is 31.3 Å². The lowest BCUT2D eigenvalue weighted by Crippen LogP contribution is -2.49. The van der Waals surface area contributed by atoms with Gasteiger partial charge in [0.1, 0.15) is 17.5 Å². The Morgan fingerprint density at radius 1 is 1.07 bits per heavy atom. The SMILES string of the molecule is CC[C@@H](C(=O)NCCCc1cccc(OC)c1)N(c1cccc(OC)c1)S(C)(=O)=O. The standard InChI is InChI=1S/C22H30N2O5S/c1-5-21(24(30(4,26)27)18-11-7-13-20(16-18)29-3)22(25)23-14-8-10-17-9-6-12-19(15-17)28-2/h6-7,9,11-13,15-16,21H,5,8,10,14H2,1-4H3,(H,23,25)/t21-/m0/s1. The van der Waals surface area contributed by atoms with Gasteiger partial charge in [0.15, 0.2) is 0 Å². The zero-order valence-corrected chi connectivity index (χ0v) is 18.7. The molecule has 7 nitrogen and oxygen atoms in total. The molecule has 0 spiro atoms. The van der Waals surface area contributed by atoms with E-state index >= 15 is 0 Å². The normalized spacial score (nSPS) is 12.1. The van der Waals surface area contributed by atoms with Gasteiger partial charge >= 0.3 is 0 Å². The molecule has 2 aromatic carbocycles. The Kier molecular flexibility index (Phi) is 8.53. The molecule has 0 bridgehead atoms. The molecule has 164 valence electrons. The molecule has 8 heteroatoms. The fourth-order valence-corrected chi connectivity index (χ4v) is 4.46. The molecule has 2 rings (SSSR count). The summed E-state index contributed by atoms with van der Waals surface area (Å²) in [5.41, 5.74) is 1.51. The van der Waals surface area contributed by atoms with Gasteiger partial charge in [-0.25, -0.2) is 8.42 Å². The second-order valence-electron chi connectivity index (χ2n) is 6.93. The van der Waals surface area contributed by atoms with Crippen LogP contribution in [0, 0.1) is 0 Å². The first-order valence-corrected chi connectivity index (χ1v) is 11.7. The van der Waals surface area contributed by atoms with E-state index in [-0.39, 0.29) is 5.91 Å². The highest BCUT2D eigenvalue weighted by Gasteiger charge is 2.31. The summed E-state index contributed by atoms with van der Waals surface area (Å²) in [5, 5.41) is 2.88. The fraction of sp³-hybridized carbons (Fsp3) is 0.409. The topological polar surface area (TPSA) is 84.9 Å². The van der Waals surface area contributed by atoms with Gasteiger partial charge in [0.05, 0.1) is 26.2 Å². The largest absolute Gasteiger partial charge is 0.497 e. The van der Waals surface area contributed by atoms with E-state index in [0.717, 1.165) is 34.7 Å². The Balaban J connectivity index is 2.06. The van der Waals surface area contributed by atoms with Crippen molar-refractivity contribution in [3.05, 3.63) is 54.1 Å². The molecule has 0 unspecified atom stereocenters. The van der Waals surface area contributed by atoms with Crippen molar-refractivity contribution >= 4 is 21.6 Å². The minimum atomic E-state index is -3.68. The number of amides is 1. The number of methoxy groups -OCH3 is 2. The predicted molar refractivity (Wildman–Crippen MR) is 119 cm³/mol. The molecule has 1 amide bonds. The van der Waals surface area contributed by atoms with Crippen molar-refractivity contribution in [1.29, 1.82) is 0 Å². The van der Waals surface area contributed by atoms with Crippen LogP contribution in [0.15, 0.2) is 48.5 Å². The van der Waals surface area contributed by atoms with E-state index in [1.165, 1.54) is 7.11 Å². The van der Waals surface area contributed by atoms with E-state index < -0.39 is 16.1 Å². The average molecular weight is 435 g/mol. The zero-order valence-electron chi connectivity index (χ0n) is 17.9. The minimum absolute atomic E-state index is 0.323. The van der Waals surface area contributed by atoms with Crippen LogP contribution in [-0.2, 0) is 21.2 Å². The lowest BCUT2D eigenvalue weighted by molar-refractivity contribution is -0.122. The van der Waals surface area contributed by atoms with Crippen molar-refractivity contribution in [1.82, 2.24) is 5.32 Å². The Labute approximate surface area is 179 Å². The highest BCUT2D eigenvalue weighted by Crippen LogP contribution is 2.26. The second kappa shape index (κ2) is 10.9. The van der Waals surface area contributed by atoms with Crippen molar-refractivity contribution in [3.8, 4) is 11.5 Å². The third-order valence-electron chi connectivity index (χ3n) is 4.71. The lowest BCUT2D eigenvalue weighted by Gasteiger charge is -2.30. The van der Waals surface area contributed by atoms with Gasteiger partial charge in [-0.15, -0.1) is 0 Å². The Bertz CT molecular complexity index is 946. The van der Waals surface area contributed by atoms with E-state index in [4.69, 9.17) is 9.47 Å². The van der Waals surface area contributed by atoms with Gasteiger partial charge < -0.3 is 14.8 Å². The van der Waals surface area contributed by atoms with Crippen LogP contribution in [0.1, 0.15) is 25.3 Å². The number of anilines is 1. The molecule has 0 aliphatic heterocycles. The van der Waals surface area contributed by atoms with Gasteiger partial charge in [0, 0.05) is 12.6 Å². The predicted octanol–water partition coefficient (Wildman–Crippen LogP) is 3.00. The third-order valence-corrected chi connectivity index (χ3v) is 5.89. The fourth-order valence-electron chi connectivity index (χ4n) is 3.26. The van der Waals surface area contributed by atoms with Gasteiger partial charge in [0.2, 0.25) is 15.9 Å². The zero-order chi connectivity index (χ0) is 22.1. The van der Waals surface area contributed by atoms with Crippen molar-refractivity contribution in [2.24, 2.45) is 0 Å². The molecule has 0 radical (unpaired) electrons. The quantitative estimate of drug-likeness (QED) is 0.550. The van der Waals surface area contributed by atoms with Gasteiger partial charge in [0.25, 0.3) is 0 Å². The number of hydrogen-bond acceptors (Lipinski definition) is 5. The number of sulfonamides is 1. The first kappa shape index (κ1) is 23.5. The molecule has 1 atom stereocenters. The maximum Gasteiger partial charge on any atom is 0.243 e. The Hall–Kier alpha value is -2.74. The highest BCUT2D eigenvalue weighted by molar-refractivity contribution is 7.92. The van der Waals surface area contributed by atoms with Crippen LogP contribution < -0.4 is 19.1 Å². The van der Waals surface area contributed by atoms with Crippen molar-refractivity contribution < 1.29 is 22.7 Å². The molecular formula is C22H30N2O5S. The number of nitrogens with one attached hydrogen (secondary N) is 1. The minimum Gasteiger partial charge on any atom is -0.497 e. The Morgan fingerprint density at radius 3 is 2.30 bits per heavy atom. The number of benzene rings is 2. The number of aryl methyl sites for hydroxylation is 1. The van der Waals surface area contributed by atoms with Crippen LogP contribution >= 0.6 is 0 Å². The number of carbonyl (C=O) groups is 1. The molecule has 0 saturated carbocycles. The summed E-state index contributed by atoms with van der Waals surface area (Å²) in [6.07, 6.45) is 2.95. The molecule has 0 aliphatic carbocycles. The van der Waals surface area contributed by atoms with E-state index in [1.54, 1.807) is 38.3 Å².